The van der Waals surface area contributed by atoms with E-state index in [2.05, 4.69) is 60.1 Å². The molecular weight excluding hydrogens is 252 g/mol. The highest BCUT2D eigenvalue weighted by atomic mass is 32.2. The van der Waals surface area contributed by atoms with Crippen molar-refractivity contribution in [3.05, 3.63) is 29.8 Å². The maximum absolute atomic E-state index is 3.54. The highest BCUT2D eigenvalue weighted by Gasteiger charge is 2.10. The largest absolute Gasteiger partial charge is 0.371 e. The van der Waals surface area contributed by atoms with E-state index in [0.717, 1.165) is 6.54 Å². The summed E-state index contributed by atoms with van der Waals surface area (Å²) in [5.41, 5.74) is 2.77. The van der Waals surface area contributed by atoms with Crippen LogP contribution in [0.1, 0.15) is 38.3 Å². The van der Waals surface area contributed by atoms with Crippen LogP contribution in [-0.2, 0) is 0 Å². The van der Waals surface area contributed by atoms with Gasteiger partial charge in [-0.25, -0.2) is 0 Å². The predicted molar refractivity (Wildman–Crippen MR) is 87.3 cm³/mol. The van der Waals surface area contributed by atoms with Crippen molar-refractivity contribution in [2.75, 3.05) is 36.0 Å². The van der Waals surface area contributed by atoms with Crippen LogP contribution in [0.3, 0.4) is 0 Å². The average molecular weight is 278 g/mol. The molecule has 1 heterocycles. The van der Waals surface area contributed by atoms with Gasteiger partial charge in [0.15, 0.2) is 0 Å². The van der Waals surface area contributed by atoms with Gasteiger partial charge in [-0.3, -0.25) is 0 Å². The molecule has 0 aromatic heterocycles. The average Bonchev–Trinajstić information content (AvgIpc) is 2.74. The van der Waals surface area contributed by atoms with E-state index in [-0.39, 0.29) is 0 Å². The smallest absolute Gasteiger partial charge is 0.0366 e. The fourth-order valence-electron chi connectivity index (χ4n) is 2.46. The Kier molecular flexibility index (Phi) is 6.05. The molecule has 1 saturated heterocycles. The lowest BCUT2D eigenvalue weighted by Gasteiger charge is -2.23. The summed E-state index contributed by atoms with van der Waals surface area (Å²) in [7, 11) is 0. The Hall–Kier alpha value is -0.670. The lowest BCUT2D eigenvalue weighted by molar-refractivity contribution is 0.570. The second kappa shape index (κ2) is 7.81. The zero-order chi connectivity index (χ0) is 13.5. The molecule has 1 atom stereocenters. The van der Waals surface area contributed by atoms with E-state index in [0.29, 0.717) is 6.04 Å². The van der Waals surface area contributed by atoms with Crippen molar-refractivity contribution in [3.63, 3.8) is 0 Å². The molecule has 3 heteroatoms. The van der Waals surface area contributed by atoms with E-state index in [1.165, 1.54) is 48.7 Å². The van der Waals surface area contributed by atoms with Gasteiger partial charge in [0.25, 0.3) is 0 Å². The minimum Gasteiger partial charge on any atom is -0.371 e. The third-order valence-corrected chi connectivity index (χ3v) is 4.73. The summed E-state index contributed by atoms with van der Waals surface area (Å²) in [6.45, 7) is 7.93. The Morgan fingerprint density at radius 2 is 2.00 bits per heavy atom. The molecule has 0 saturated carbocycles. The second-order valence-electron chi connectivity index (χ2n) is 5.22. The standard InChI is InChI=1S/C16H26N2S/c1-3-9-17-14(2)15-5-7-16(8-6-15)18-10-4-12-19-13-11-18/h5-8,14,17H,3-4,9-13H2,1-2H3. The summed E-state index contributed by atoms with van der Waals surface area (Å²) in [6.07, 6.45) is 2.49. The molecule has 1 N–H and O–H groups in total. The van der Waals surface area contributed by atoms with E-state index in [1.807, 2.05) is 0 Å². The zero-order valence-corrected chi connectivity index (χ0v) is 13.0. The molecule has 0 bridgehead atoms. The van der Waals surface area contributed by atoms with Gasteiger partial charge in [-0.15, -0.1) is 0 Å². The van der Waals surface area contributed by atoms with Crippen LogP contribution in [0.15, 0.2) is 24.3 Å². The Morgan fingerprint density at radius 3 is 2.74 bits per heavy atom. The number of rotatable bonds is 5. The summed E-state index contributed by atoms with van der Waals surface area (Å²) in [4.78, 5) is 2.52. The highest BCUT2D eigenvalue weighted by molar-refractivity contribution is 7.99. The van der Waals surface area contributed by atoms with Crippen LogP contribution in [0.25, 0.3) is 0 Å². The van der Waals surface area contributed by atoms with Crippen LogP contribution in [0.2, 0.25) is 0 Å². The molecule has 1 unspecified atom stereocenters. The van der Waals surface area contributed by atoms with Gasteiger partial charge in [0.1, 0.15) is 0 Å². The van der Waals surface area contributed by atoms with Crippen molar-refractivity contribution >= 4 is 17.4 Å². The maximum atomic E-state index is 3.54. The highest BCUT2D eigenvalue weighted by Crippen LogP contribution is 2.21. The Morgan fingerprint density at radius 1 is 1.21 bits per heavy atom. The first-order valence-electron chi connectivity index (χ1n) is 7.47. The molecule has 1 fully saturated rings. The van der Waals surface area contributed by atoms with E-state index in [1.54, 1.807) is 0 Å². The molecule has 1 aliphatic heterocycles. The maximum Gasteiger partial charge on any atom is 0.0366 e. The number of nitrogens with zero attached hydrogens (tertiary/aromatic N) is 1. The predicted octanol–water partition coefficient (Wildman–Crippen LogP) is 3.69. The number of nitrogens with one attached hydrogen (secondary N) is 1. The third-order valence-electron chi connectivity index (χ3n) is 3.68. The molecule has 19 heavy (non-hydrogen) atoms. The van der Waals surface area contributed by atoms with E-state index >= 15 is 0 Å². The first-order chi connectivity index (χ1) is 9.31. The summed E-state index contributed by atoms with van der Waals surface area (Å²) in [5, 5.41) is 3.54. The van der Waals surface area contributed by atoms with E-state index in [4.69, 9.17) is 0 Å². The number of thioether (sulfide) groups is 1. The number of hydrogen-bond donors (Lipinski definition) is 1. The molecular formula is C16H26N2S. The number of hydrogen-bond acceptors (Lipinski definition) is 3. The van der Waals surface area contributed by atoms with E-state index in [9.17, 15) is 0 Å². The van der Waals surface area contributed by atoms with Gasteiger partial charge in [-0.1, -0.05) is 19.1 Å². The molecule has 106 valence electrons. The molecule has 0 spiro atoms. The van der Waals surface area contributed by atoms with Crippen LogP contribution >= 0.6 is 11.8 Å². The van der Waals surface area contributed by atoms with Gasteiger partial charge >= 0.3 is 0 Å². The van der Waals surface area contributed by atoms with Crippen molar-refractivity contribution < 1.29 is 0 Å². The lowest BCUT2D eigenvalue weighted by atomic mass is 10.1. The van der Waals surface area contributed by atoms with Crippen LogP contribution in [0.4, 0.5) is 5.69 Å². The fourth-order valence-corrected chi connectivity index (χ4v) is 3.34. The van der Waals surface area contributed by atoms with Crippen molar-refractivity contribution in [2.45, 2.75) is 32.7 Å². The molecule has 0 amide bonds. The normalized spacial score (nSPS) is 18.1. The van der Waals surface area contributed by atoms with Crippen molar-refractivity contribution in [3.8, 4) is 0 Å². The van der Waals surface area contributed by atoms with Crippen LogP contribution in [0.5, 0.6) is 0 Å². The Labute approximate surface area is 122 Å². The summed E-state index contributed by atoms with van der Waals surface area (Å²) in [5.74, 6) is 2.57. The number of benzene rings is 1. The summed E-state index contributed by atoms with van der Waals surface area (Å²) in [6, 6.07) is 9.58. The molecule has 1 aromatic carbocycles. The van der Waals surface area contributed by atoms with Crippen LogP contribution in [0, 0.1) is 0 Å². The van der Waals surface area contributed by atoms with Crippen LogP contribution < -0.4 is 10.2 Å². The third kappa shape index (κ3) is 4.43. The van der Waals surface area contributed by atoms with Gasteiger partial charge in [-0.05, 0) is 49.8 Å². The van der Waals surface area contributed by atoms with E-state index < -0.39 is 0 Å². The minimum atomic E-state index is 0.452. The molecule has 0 radical (unpaired) electrons. The monoisotopic (exact) mass is 278 g/mol. The fraction of sp³-hybridized carbons (Fsp3) is 0.625. The molecule has 0 aliphatic carbocycles. The van der Waals surface area contributed by atoms with Crippen molar-refractivity contribution in [2.24, 2.45) is 0 Å². The molecule has 2 nitrogen and oxygen atoms in total. The number of anilines is 1. The molecule has 2 rings (SSSR count). The minimum absolute atomic E-state index is 0.452. The van der Waals surface area contributed by atoms with Gasteiger partial charge < -0.3 is 10.2 Å². The quantitative estimate of drug-likeness (QED) is 0.884. The SMILES string of the molecule is CCCNC(C)c1ccc(N2CCCSCC2)cc1. The first kappa shape index (κ1) is 14.7. The molecule has 1 aliphatic rings. The summed E-state index contributed by atoms with van der Waals surface area (Å²) < 4.78 is 0. The molecule has 1 aromatic rings. The second-order valence-corrected chi connectivity index (χ2v) is 6.45. The van der Waals surface area contributed by atoms with Gasteiger partial charge in [0.05, 0.1) is 0 Å². The van der Waals surface area contributed by atoms with Crippen molar-refractivity contribution in [1.82, 2.24) is 5.32 Å². The Bertz CT molecular complexity index is 356. The zero-order valence-electron chi connectivity index (χ0n) is 12.2. The van der Waals surface area contributed by atoms with Gasteiger partial charge in [0, 0.05) is 30.6 Å². The summed E-state index contributed by atoms with van der Waals surface area (Å²) >= 11 is 2.08. The van der Waals surface area contributed by atoms with Crippen LogP contribution in [-0.4, -0.2) is 31.1 Å². The Balaban J connectivity index is 1.96. The van der Waals surface area contributed by atoms with Crippen molar-refractivity contribution in [1.29, 1.82) is 0 Å². The van der Waals surface area contributed by atoms with Gasteiger partial charge in [-0.2, -0.15) is 11.8 Å². The first-order valence-corrected chi connectivity index (χ1v) is 8.62. The lowest BCUT2D eigenvalue weighted by Crippen LogP contribution is -2.25. The topological polar surface area (TPSA) is 15.3 Å². The van der Waals surface area contributed by atoms with Gasteiger partial charge in [0.2, 0.25) is 0 Å².